The van der Waals surface area contributed by atoms with Gasteiger partial charge in [-0.25, -0.2) is 13.6 Å². The molecule has 44 heavy (non-hydrogen) atoms. The van der Waals surface area contributed by atoms with Crippen LogP contribution in [-0.4, -0.2) is 19.2 Å². The van der Waals surface area contributed by atoms with Crippen LogP contribution in [0.3, 0.4) is 0 Å². The first-order valence-electron chi connectivity index (χ1n) is 15.5. The molecule has 0 amide bonds. The first-order valence-corrected chi connectivity index (χ1v) is 15.5. The van der Waals surface area contributed by atoms with Crippen LogP contribution in [0.4, 0.5) is 22.0 Å². The third-order valence-electron chi connectivity index (χ3n) is 8.15. The molecule has 3 aromatic rings. The number of benzene rings is 3. The van der Waals surface area contributed by atoms with Crippen LogP contribution >= 0.6 is 0 Å². The SMILES string of the molecule is CCCCCCOc1ccc(OC(=O)c2ccc(C3CCC(c4ccc(OCCCC)c(F)c4F)CC3)cc2F)c(F)c1F. The molecule has 0 heterocycles. The van der Waals surface area contributed by atoms with E-state index in [9.17, 15) is 22.4 Å². The van der Waals surface area contributed by atoms with Crippen molar-refractivity contribution >= 4 is 5.97 Å². The molecule has 0 radical (unpaired) electrons. The van der Waals surface area contributed by atoms with Gasteiger partial charge >= 0.3 is 5.97 Å². The number of ether oxygens (including phenoxy) is 3. The Labute approximate surface area is 255 Å². The summed E-state index contributed by atoms with van der Waals surface area (Å²) >= 11 is 0. The minimum Gasteiger partial charge on any atom is -0.490 e. The second-order valence-electron chi connectivity index (χ2n) is 11.3. The molecule has 3 aromatic carbocycles. The molecule has 0 spiro atoms. The van der Waals surface area contributed by atoms with Crippen molar-refractivity contribution in [2.24, 2.45) is 0 Å². The molecular weight excluding hydrogens is 579 g/mol. The van der Waals surface area contributed by atoms with Gasteiger partial charge in [-0.1, -0.05) is 51.7 Å². The Morgan fingerprint density at radius 3 is 1.89 bits per heavy atom. The molecule has 1 saturated carbocycles. The Morgan fingerprint density at radius 1 is 0.659 bits per heavy atom. The molecule has 0 atom stereocenters. The van der Waals surface area contributed by atoms with Gasteiger partial charge in [0.2, 0.25) is 17.5 Å². The lowest BCUT2D eigenvalue weighted by molar-refractivity contribution is 0.0721. The Balaban J connectivity index is 1.35. The van der Waals surface area contributed by atoms with Crippen molar-refractivity contribution in [2.75, 3.05) is 13.2 Å². The molecule has 0 N–H and O–H groups in total. The molecule has 9 heteroatoms. The maximum absolute atomic E-state index is 15.0. The number of carbonyl (C=O) groups is 1. The Kier molecular flexibility index (Phi) is 12.0. The summed E-state index contributed by atoms with van der Waals surface area (Å²) < 4.78 is 89.2. The number of hydrogen-bond donors (Lipinski definition) is 0. The highest BCUT2D eigenvalue weighted by atomic mass is 19.2. The Hall–Kier alpha value is -3.62. The van der Waals surface area contributed by atoms with Crippen molar-refractivity contribution in [1.29, 1.82) is 0 Å². The zero-order valence-corrected chi connectivity index (χ0v) is 25.2. The largest absolute Gasteiger partial charge is 0.490 e. The van der Waals surface area contributed by atoms with Crippen LogP contribution in [0.2, 0.25) is 0 Å². The van der Waals surface area contributed by atoms with Crippen molar-refractivity contribution in [3.8, 4) is 17.2 Å². The maximum atomic E-state index is 15.0. The lowest BCUT2D eigenvalue weighted by atomic mass is 9.76. The zero-order chi connectivity index (χ0) is 31.6. The number of halogens is 5. The highest BCUT2D eigenvalue weighted by Crippen LogP contribution is 2.42. The summed E-state index contributed by atoms with van der Waals surface area (Å²) in [4.78, 5) is 12.6. The van der Waals surface area contributed by atoms with E-state index in [1.54, 1.807) is 12.1 Å². The van der Waals surface area contributed by atoms with Crippen molar-refractivity contribution in [3.05, 3.63) is 88.2 Å². The third-order valence-corrected chi connectivity index (χ3v) is 8.15. The van der Waals surface area contributed by atoms with E-state index in [0.717, 1.165) is 38.2 Å². The smallest absolute Gasteiger partial charge is 0.346 e. The van der Waals surface area contributed by atoms with Gasteiger partial charge in [0.25, 0.3) is 0 Å². The summed E-state index contributed by atoms with van der Waals surface area (Å²) in [5.41, 5.74) is 0.544. The molecule has 1 fully saturated rings. The monoisotopic (exact) mass is 618 g/mol. The van der Waals surface area contributed by atoms with Crippen LogP contribution in [0.5, 0.6) is 17.2 Å². The topological polar surface area (TPSA) is 44.8 Å². The first-order chi connectivity index (χ1) is 21.2. The molecule has 4 nitrogen and oxygen atoms in total. The summed E-state index contributed by atoms with van der Waals surface area (Å²) in [6.07, 6.45) is 7.66. The molecular formula is C35H39F5O4. The third kappa shape index (κ3) is 8.10. The van der Waals surface area contributed by atoms with Crippen LogP contribution in [0.25, 0.3) is 0 Å². The first kappa shape index (κ1) is 33.3. The van der Waals surface area contributed by atoms with Gasteiger partial charge in [-0.2, -0.15) is 13.2 Å². The molecule has 0 bridgehead atoms. The average Bonchev–Trinajstić information content (AvgIpc) is 3.02. The second kappa shape index (κ2) is 15.9. The molecule has 0 aromatic heterocycles. The summed E-state index contributed by atoms with van der Waals surface area (Å²) in [5, 5.41) is 0. The number of hydrogen-bond acceptors (Lipinski definition) is 4. The van der Waals surface area contributed by atoms with Crippen molar-refractivity contribution in [1.82, 2.24) is 0 Å². The maximum Gasteiger partial charge on any atom is 0.346 e. The average molecular weight is 619 g/mol. The van der Waals surface area contributed by atoms with Gasteiger partial charge in [0.1, 0.15) is 5.82 Å². The van der Waals surface area contributed by atoms with Gasteiger partial charge in [-0.3, -0.25) is 0 Å². The van der Waals surface area contributed by atoms with E-state index in [2.05, 4.69) is 6.92 Å². The summed E-state index contributed by atoms with van der Waals surface area (Å²) in [6, 6.07) is 9.38. The molecule has 0 aliphatic heterocycles. The van der Waals surface area contributed by atoms with Crippen LogP contribution in [0.15, 0.2) is 42.5 Å². The molecule has 4 rings (SSSR count). The van der Waals surface area contributed by atoms with Crippen LogP contribution in [0, 0.1) is 29.1 Å². The second-order valence-corrected chi connectivity index (χ2v) is 11.3. The summed E-state index contributed by atoms with van der Waals surface area (Å²) in [5.74, 6) is -7.83. The summed E-state index contributed by atoms with van der Waals surface area (Å²) in [7, 11) is 0. The van der Waals surface area contributed by atoms with Crippen molar-refractivity contribution in [2.45, 2.75) is 89.9 Å². The van der Waals surface area contributed by atoms with Crippen LogP contribution < -0.4 is 14.2 Å². The predicted octanol–water partition coefficient (Wildman–Crippen LogP) is 10.2. The van der Waals surface area contributed by atoms with Crippen molar-refractivity contribution in [3.63, 3.8) is 0 Å². The fourth-order valence-corrected chi connectivity index (χ4v) is 5.56. The number of esters is 1. The highest BCUT2D eigenvalue weighted by molar-refractivity contribution is 5.91. The minimum atomic E-state index is -1.40. The molecule has 0 saturated heterocycles. The minimum absolute atomic E-state index is 0.0450. The molecule has 0 unspecified atom stereocenters. The quantitative estimate of drug-likeness (QED) is 0.0781. The van der Waals surface area contributed by atoms with Gasteiger partial charge in [0.05, 0.1) is 18.8 Å². The van der Waals surface area contributed by atoms with E-state index in [0.29, 0.717) is 49.8 Å². The number of unbranched alkanes of at least 4 members (excludes halogenated alkanes) is 4. The van der Waals surface area contributed by atoms with E-state index < -0.39 is 46.4 Å². The Bertz CT molecular complexity index is 1420. The van der Waals surface area contributed by atoms with Gasteiger partial charge in [0.15, 0.2) is 23.1 Å². The van der Waals surface area contributed by atoms with Gasteiger partial charge in [0, 0.05) is 0 Å². The number of rotatable bonds is 14. The zero-order valence-electron chi connectivity index (χ0n) is 25.2. The molecule has 1 aliphatic rings. The van der Waals surface area contributed by atoms with Gasteiger partial charge in [-0.05, 0) is 91.8 Å². The Morgan fingerprint density at radius 2 is 1.23 bits per heavy atom. The van der Waals surface area contributed by atoms with E-state index >= 15 is 4.39 Å². The summed E-state index contributed by atoms with van der Waals surface area (Å²) in [6.45, 7) is 4.59. The fourth-order valence-electron chi connectivity index (χ4n) is 5.56. The van der Waals surface area contributed by atoms with E-state index in [-0.39, 0.29) is 29.9 Å². The normalized spacial score (nSPS) is 16.5. The van der Waals surface area contributed by atoms with Crippen LogP contribution in [-0.2, 0) is 0 Å². The van der Waals surface area contributed by atoms with Gasteiger partial charge < -0.3 is 14.2 Å². The predicted molar refractivity (Wildman–Crippen MR) is 158 cm³/mol. The van der Waals surface area contributed by atoms with Gasteiger partial charge in [-0.15, -0.1) is 0 Å². The van der Waals surface area contributed by atoms with E-state index in [1.165, 1.54) is 24.3 Å². The highest BCUT2D eigenvalue weighted by Gasteiger charge is 2.28. The van der Waals surface area contributed by atoms with Crippen LogP contribution in [0.1, 0.15) is 111 Å². The standard InChI is InChI=1S/C35H39F5O4/c1-3-5-7-8-20-43-29-17-18-30(34(40)33(29)39)44-35(41)26-14-13-24(21-27(26)36)22-9-11-23(12-10-22)25-15-16-28(32(38)31(25)37)42-19-6-4-2/h13-18,21-23H,3-12,19-20H2,1-2H3. The lowest BCUT2D eigenvalue weighted by Crippen LogP contribution is -2.16. The molecule has 238 valence electrons. The van der Waals surface area contributed by atoms with E-state index in [1.807, 2.05) is 6.92 Å². The van der Waals surface area contributed by atoms with E-state index in [4.69, 9.17) is 14.2 Å². The van der Waals surface area contributed by atoms with Crippen molar-refractivity contribution < 1.29 is 41.0 Å². The lowest BCUT2D eigenvalue weighted by Gasteiger charge is -2.29. The fraction of sp³-hybridized carbons (Fsp3) is 0.457. The molecule has 1 aliphatic carbocycles. The number of carbonyl (C=O) groups excluding carboxylic acids is 1.